The number of hydrogen-bond acceptors (Lipinski definition) is 6. The number of fused-ring (bicyclic) bond motifs is 2. The number of carbonyl (C=O) groups excluding carboxylic acids is 1. The van der Waals surface area contributed by atoms with Crippen LogP contribution in [0.5, 0.6) is 0 Å². The summed E-state index contributed by atoms with van der Waals surface area (Å²) in [6.45, 7) is 0. The molecule has 1 unspecified atom stereocenters. The molecule has 26 heavy (non-hydrogen) atoms. The Morgan fingerprint density at radius 3 is 2.92 bits per heavy atom. The number of halogens is 1. The Morgan fingerprint density at radius 1 is 1.42 bits per heavy atom. The lowest BCUT2D eigenvalue weighted by atomic mass is 9.87. The number of allylic oxidation sites excluding steroid dienone is 2. The van der Waals surface area contributed by atoms with Gasteiger partial charge in [0, 0.05) is 6.20 Å². The number of anilines is 1. The zero-order chi connectivity index (χ0) is 18.3. The van der Waals surface area contributed by atoms with Gasteiger partial charge in [0.2, 0.25) is 0 Å². The van der Waals surface area contributed by atoms with E-state index < -0.39 is 11.9 Å². The first-order chi connectivity index (χ1) is 12.6. The van der Waals surface area contributed by atoms with Gasteiger partial charge in [-0.2, -0.15) is 0 Å². The molecule has 1 aromatic rings. The molecule has 1 spiro atoms. The van der Waals surface area contributed by atoms with Gasteiger partial charge in [0.15, 0.2) is 6.23 Å². The van der Waals surface area contributed by atoms with Gasteiger partial charge in [0.25, 0.3) is 5.91 Å². The molecule has 1 aliphatic carbocycles. The quantitative estimate of drug-likeness (QED) is 0.684. The number of nitrogens with one attached hydrogen (secondary N) is 2. The van der Waals surface area contributed by atoms with Crippen LogP contribution in [0.25, 0.3) is 0 Å². The van der Waals surface area contributed by atoms with Crippen LogP contribution >= 0.6 is 11.6 Å². The van der Waals surface area contributed by atoms with Crippen LogP contribution in [-0.4, -0.2) is 37.8 Å². The summed E-state index contributed by atoms with van der Waals surface area (Å²) in [7, 11) is 0. The Labute approximate surface area is 156 Å². The van der Waals surface area contributed by atoms with Crippen molar-refractivity contribution in [1.82, 2.24) is 20.2 Å². The van der Waals surface area contributed by atoms with E-state index in [1.807, 2.05) is 0 Å². The van der Waals surface area contributed by atoms with E-state index in [4.69, 9.17) is 18.0 Å². The molecule has 4 rings (SSSR count). The molecule has 7 nitrogen and oxygen atoms in total. The molecule has 0 radical (unpaired) electrons. The average molecular weight is 372 g/mol. The molecule has 3 heterocycles. The van der Waals surface area contributed by atoms with Crippen molar-refractivity contribution >= 4 is 23.3 Å². The minimum absolute atomic E-state index is 0.252. The number of nitrogens with zero attached hydrogens (tertiary/aromatic N) is 3. The Bertz CT molecular complexity index is 867. The Hall–Kier alpha value is -2.56. The molecule has 1 saturated carbocycles. The first-order valence-corrected chi connectivity index (χ1v) is 8.88. The van der Waals surface area contributed by atoms with Gasteiger partial charge in [-0.1, -0.05) is 23.9 Å². The highest BCUT2D eigenvalue weighted by Crippen LogP contribution is 2.44. The molecule has 1 aromatic heterocycles. The van der Waals surface area contributed by atoms with Crippen LogP contribution in [0.4, 0.5) is 5.82 Å². The molecule has 1 saturated heterocycles. The van der Waals surface area contributed by atoms with Gasteiger partial charge < -0.3 is 20.6 Å². The van der Waals surface area contributed by atoms with E-state index in [2.05, 4.69) is 26.5 Å². The number of carbonyl (C=O) groups is 1. The number of amides is 1. The molecule has 0 aromatic carbocycles. The largest absolute Gasteiger partial charge is 0.368 e. The standard InChI is InChI=1S/C18H18ClN5O2/c1-2-11-9-20-10-21-15(11)22-13-8-12(19)14-16(25)23-18(24(14)17(13)26)6-4-3-5-7-18/h1,8-10,17,26H,3-7H2,(H,23,25)(H,20,21,22). The summed E-state index contributed by atoms with van der Waals surface area (Å²) in [4.78, 5) is 22.2. The normalized spacial score (nSPS) is 24.0. The van der Waals surface area contributed by atoms with Crippen LogP contribution in [-0.2, 0) is 4.79 Å². The third-order valence-electron chi connectivity index (χ3n) is 5.11. The zero-order valence-corrected chi connectivity index (χ0v) is 14.8. The van der Waals surface area contributed by atoms with Crippen LogP contribution < -0.4 is 10.6 Å². The van der Waals surface area contributed by atoms with E-state index in [1.165, 1.54) is 12.5 Å². The number of hydrogen-bond donors (Lipinski definition) is 3. The lowest BCUT2D eigenvalue weighted by Gasteiger charge is -2.45. The molecular formula is C18H18ClN5O2. The first kappa shape index (κ1) is 16.9. The van der Waals surface area contributed by atoms with Crippen molar-refractivity contribution in [2.75, 3.05) is 5.32 Å². The fourth-order valence-electron chi connectivity index (χ4n) is 3.93. The second-order valence-electron chi connectivity index (χ2n) is 6.64. The Balaban J connectivity index is 1.72. The van der Waals surface area contributed by atoms with Gasteiger partial charge in [0.05, 0.1) is 16.3 Å². The minimum Gasteiger partial charge on any atom is -0.368 e. The van der Waals surface area contributed by atoms with Crippen molar-refractivity contribution in [3.05, 3.63) is 40.6 Å². The molecule has 1 amide bonds. The van der Waals surface area contributed by atoms with Crippen LogP contribution in [0.15, 0.2) is 35.0 Å². The lowest BCUT2D eigenvalue weighted by molar-refractivity contribution is -0.117. The zero-order valence-electron chi connectivity index (χ0n) is 14.0. The molecule has 3 aliphatic rings. The van der Waals surface area contributed by atoms with E-state index in [9.17, 15) is 9.90 Å². The highest BCUT2D eigenvalue weighted by Gasteiger charge is 2.53. The van der Waals surface area contributed by atoms with Crippen molar-refractivity contribution < 1.29 is 9.90 Å². The second kappa shape index (κ2) is 6.31. The van der Waals surface area contributed by atoms with Crippen molar-refractivity contribution in [3.8, 4) is 12.3 Å². The molecule has 1 atom stereocenters. The van der Waals surface area contributed by atoms with Crippen LogP contribution in [0.2, 0.25) is 0 Å². The maximum absolute atomic E-state index is 12.5. The molecule has 3 N–H and O–H groups in total. The van der Waals surface area contributed by atoms with Crippen molar-refractivity contribution in [1.29, 1.82) is 0 Å². The van der Waals surface area contributed by atoms with Crippen molar-refractivity contribution in [3.63, 3.8) is 0 Å². The Morgan fingerprint density at radius 2 is 2.19 bits per heavy atom. The van der Waals surface area contributed by atoms with Gasteiger partial charge in [-0.05, 0) is 31.8 Å². The van der Waals surface area contributed by atoms with E-state index in [-0.39, 0.29) is 10.9 Å². The molecule has 8 heteroatoms. The van der Waals surface area contributed by atoms with Crippen LogP contribution in [0.3, 0.4) is 0 Å². The maximum atomic E-state index is 12.5. The number of aliphatic hydroxyl groups is 1. The second-order valence-corrected chi connectivity index (χ2v) is 7.05. The van der Waals surface area contributed by atoms with Gasteiger partial charge >= 0.3 is 0 Å². The molecule has 0 bridgehead atoms. The van der Waals surface area contributed by atoms with Gasteiger partial charge in [-0.25, -0.2) is 9.97 Å². The summed E-state index contributed by atoms with van der Waals surface area (Å²) in [5.41, 5.74) is 0.586. The van der Waals surface area contributed by atoms with Crippen LogP contribution in [0.1, 0.15) is 37.7 Å². The monoisotopic (exact) mass is 371 g/mol. The van der Waals surface area contributed by atoms with Gasteiger partial charge in [-0.15, -0.1) is 6.42 Å². The summed E-state index contributed by atoms with van der Waals surface area (Å²) >= 11 is 6.39. The third-order valence-corrected chi connectivity index (χ3v) is 5.39. The topological polar surface area (TPSA) is 90.4 Å². The van der Waals surface area contributed by atoms with E-state index in [1.54, 1.807) is 11.0 Å². The SMILES string of the molecule is C#Cc1cncnc1NC1=CC(Cl)=C2C(=O)NC3(CCCCC3)N2C1O. The van der Waals surface area contributed by atoms with E-state index >= 15 is 0 Å². The van der Waals surface area contributed by atoms with Crippen molar-refractivity contribution in [2.24, 2.45) is 0 Å². The van der Waals surface area contributed by atoms with Crippen LogP contribution in [0, 0.1) is 12.3 Å². The summed E-state index contributed by atoms with van der Waals surface area (Å²) in [6.07, 6.45) is 13.4. The fourth-order valence-corrected chi connectivity index (χ4v) is 4.22. The minimum atomic E-state index is -1.06. The van der Waals surface area contributed by atoms with Gasteiger partial charge in [-0.3, -0.25) is 4.79 Å². The number of terminal acetylenes is 1. The average Bonchev–Trinajstić information content (AvgIpc) is 2.92. The smallest absolute Gasteiger partial charge is 0.271 e. The summed E-state index contributed by atoms with van der Waals surface area (Å²) in [5.74, 6) is 2.65. The van der Waals surface area contributed by atoms with Crippen molar-refractivity contribution in [2.45, 2.75) is 44.0 Å². The number of aromatic nitrogens is 2. The molecular weight excluding hydrogens is 354 g/mol. The van der Waals surface area contributed by atoms with Gasteiger partial charge in [0.1, 0.15) is 23.5 Å². The summed E-state index contributed by atoms with van der Waals surface area (Å²) < 4.78 is 0. The van der Waals surface area contributed by atoms with E-state index in [0.29, 0.717) is 22.8 Å². The Kier molecular flexibility index (Phi) is 4.10. The summed E-state index contributed by atoms with van der Waals surface area (Å²) in [6, 6.07) is 0. The molecule has 2 aliphatic heterocycles. The lowest BCUT2D eigenvalue weighted by Crippen LogP contribution is -2.57. The third kappa shape index (κ3) is 2.54. The number of aliphatic hydroxyl groups excluding tert-OH is 1. The predicted octanol–water partition coefficient (Wildman–Crippen LogP) is 1.63. The maximum Gasteiger partial charge on any atom is 0.271 e. The first-order valence-electron chi connectivity index (χ1n) is 8.51. The van der Waals surface area contributed by atoms with E-state index in [0.717, 1.165) is 32.1 Å². The highest BCUT2D eigenvalue weighted by molar-refractivity contribution is 6.33. The predicted molar refractivity (Wildman–Crippen MR) is 96.4 cm³/mol. The summed E-state index contributed by atoms with van der Waals surface area (Å²) in [5, 5.41) is 17.4. The fraction of sp³-hybridized carbons (Fsp3) is 0.389. The molecule has 134 valence electrons. The molecule has 2 fully saturated rings. The highest BCUT2D eigenvalue weighted by atomic mass is 35.5. The number of rotatable bonds is 2.